The van der Waals surface area contributed by atoms with Crippen molar-refractivity contribution in [3.63, 3.8) is 0 Å². The summed E-state index contributed by atoms with van der Waals surface area (Å²) >= 11 is 0. The van der Waals surface area contributed by atoms with Crippen molar-refractivity contribution in [3.8, 4) is 11.1 Å². The quantitative estimate of drug-likeness (QED) is 0.490. The smallest absolute Gasteiger partial charge is 0.255 e. The van der Waals surface area contributed by atoms with E-state index in [1.165, 1.54) is 16.7 Å². The summed E-state index contributed by atoms with van der Waals surface area (Å²) in [6.07, 6.45) is 1.33. The van der Waals surface area contributed by atoms with Gasteiger partial charge in [0.2, 0.25) is 0 Å². The first-order valence-electron chi connectivity index (χ1n) is 12.8. The second-order valence-electron chi connectivity index (χ2n) is 9.88. The number of hydrogen-bond donors (Lipinski definition) is 2. The number of nitrogen functional groups attached to an aromatic ring is 1. The Kier molecular flexibility index (Phi) is 8.11. The zero-order valence-corrected chi connectivity index (χ0v) is 21.3. The SMILES string of the molecule is CN1CCN(Cc2ccc(-c3ccc(COC4COCC4NC(=O)c4cccnc4N)cc3)cc2)CC1. The van der Waals surface area contributed by atoms with Crippen LogP contribution in [0.1, 0.15) is 21.5 Å². The minimum absolute atomic E-state index is 0.209. The maximum absolute atomic E-state index is 12.6. The molecule has 2 aliphatic heterocycles. The molecule has 5 rings (SSSR count). The average molecular weight is 502 g/mol. The first kappa shape index (κ1) is 25.4. The minimum atomic E-state index is -0.270. The van der Waals surface area contributed by atoms with Crippen molar-refractivity contribution in [1.82, 2.24) is 20.1 Å². The molecule has 1 aromatic heterocycles. The van der Waals surface area contributed by atoms with E-state index in [1.54, 1.807) is 18.3 Å². The van der Waals surface area contributed by atoms with Crippen LogP contribution in [0.25, 0.3) is 11.1 Å². The van der Waals surface area contributed by atoms with Crippen molar-refractivity contribution in [2.75, 3.05) is 52.2 Å². The van der Waals surface area contributed by atoms with E-state index in [0.717, 1.165) is 38.3 Å². The number of hydrogen-bond acceptors (Lipinski definition) is 7. The number of nitrogens with zero attached hydrogens (tertiary/aromatic N) is 3. The number of pyridine rings is 1. The summed E-state index contributed by atoms with van der Waals surface area (Å²) in [5.74, 6) is -0.0604. The lowest BCUT2D eigenvalue weighted by molar-refractivity contribution is 0.0218. The van der Waals surface area contributed by atoms with Crippen LogP contribution in [0.15, 0.2) is 66.9 Å². The summed E-state index contributed by atoms with van der Waals surface area (Å²) in [6.45, 7) is 6.82. The molecule has 2 atom stereocenters. The topological polar surface area (TPSA) is 93.0 Å². The number of amides is 1. The highest BCUT2D eigenvalue weighted by atomic mass is 16.5. The molecule has 194 valence electrons. The lowest BCUT2D eigenvalue weighted by atomic mass is 10.0. The zero-order valence-electron chi connectivity index (χ0n) is 21.3. The molecule has 3 heterocycles. The van der Waals surface area contributed by atoms with Crippen molar-refractivity contribution in [2.45, 2.75) is 25.3 Å². The fourth-order valence-corrected chi connectivity index (χ4v) is 4.75. The highest BCUT2D eigenvalue weighted by Crippen LogP contribution is 2.22. The van der Waals surface area contributed by atoms with Gasteiger partial charge in [-0.15, -0.1) is 0 Å². The van der Waals surface area contributed by atoms with Gasteiger partial charge < -0.3 is 25.4 Å². The highest BCUT2D eigenvalue weighted by molar-refractivity contribution is 5.98. The van der Waals surface area contributed by atoms with Crippen LogP contribution >= 0.6 is 0 Å². The van der Waals surface area contributed by atoms with E-state index >= 15 is 0 Å². The highest BCUT2D eigenvalue weighted by Gasteiger charge is 2.31. The van der Waals surface area contributed by atoms with Crippen molar-refractivity contribution >= 4 is 11.7 Å². The van der Waals surface area contributed by atoms with Gasteiger partial charge in [0.15, 0.2) is 0 Å². The standard InChI is InChI=1S/C29H35N5O3/c1-33-13-15-34(16-14-33)17-21-4-8-23(9-5-21)24-10-6-22(7-11-24)18-37-27-20-36-19-26(27)32-29(35)25-3-2-12-31-28(25)30/h2-12,26-27H,13-20H2,1H3,(H2,30,31)(H,32,35). The molecule has 0 bridgehead atoms. The Hall–Kier alpha value is -3.30. The summed E-state index contributed by atoms with van der Waals surface area (Å²) < 4.78 is 11.7. The summed E-state index contributed by atoms with van der Waals surface area (Å²) in [7, 11) is 2.19. The molecule has 1 amide bonds. The lowest BCUT2D eigenvalue weighted by Crippen LogP contribution is -2.44. The molecule has 0 aliphatic carbocycles. The van der Waals surface area contributed by atoms with E-state index < -0.39 is 0 Å². The third-order valence-electron chi connectivity index (χ3n) is 7.14. The second-order valence-corrected chi connectivity index (χ2v) is 9.88. The van der Waals surface area contributed by atoms with Gasteiger partial charge in [0, 0.05) is 38.9 Å². The minimum Gasteiger partial charge on any atom is -0.383 e. The molecule has 8 heteroatoms. The van der Waals surface area contributed by atoms with Crippen LogP contribution in [0.5, 0.6) is 0 Å². The van der Waals surface area contributed by atoms with Crippen molar-refractivity contribution in [1.29, 1.82) is 0 Å². The number of ether oxygens (including phenoxy) is 2. The van der Waals surface area contributed by atoms with Crippen LogP contribution in [0.2, 0.25) is 0 Å². The molecule has 3 aromatic rings. The van der Waals surface area contributed by atoms with Gasteiger partial charge in [0.25, 0.3) is 5.91 Å². The maximum atomic E-state index is 12.6. The van der Waals surface area contributed by atoms with Gasteiger partial charge in [0.1, 0.15) is 11.9 Å². The molecule has 8 nitrogen and oxygen atoms in total. The van der Waals surface area contributed by atoms with E-state index in [-0.39, 0.29) is 23.9 Å². The van der Waals surface area contributed by atoms with Crippen LogP contribution in [0.3, 0.4) is 0 Å². The fraction of sp³-hybridized carbons (Fsp3) is 0.379. The van der Waals surface area contributed by atoms with Crippen molar-refractivity contribution < 1.29 is 14.3 Å². The molecule has 0 spiro atoms. The Labute approximate surface area is 218 Å². The van der Waals surface area contributed by atoms with Gasteiger partial charge in [-0.25, -0.2) is 4.98 Å². The number of carbonyl (C=O) groups excluding carboxylic acids is 1. The van der Waals surface area contributed by atoms with Gasteiger partial charge in [-0.05, 0) is 41.4 Å². The first-order valence-corrected chi connectivity index (χ1v) is 12.8. The van der Waals surface area contributed by atoms with Crippen LogP contribution in [0, 0.1) is 0 Å². The van der Waals surface area contributed by atoms with Crippen molar-refractivity contribution in [3.05, 3.63) is 83.6 Å². The number of nitrogens with two attached hydrogens (primary N) is 1. The molecule has 2 aromatic carbocycles. The number of rotatable bonds is 8. The Bertz CT molecular complexity index is 1180. The molecule has 2 unspecified atom stereocenters. The number of carbonyl (C=O) groups is 1. The van der Waals surface area contributed by atoms with Gasteiger partial charge >= 0.3 is 0 Å². The fourth-order valence-electron chi connectivity index (χ4n) is 4.75. The third kappa shape index (κ3) is 6.53. The summed E-state index contributed by atoms with van der Waals surface area (Å²) in [5.41, 5.74) is 11.0. The van der Waals surface area contributed by atoms with Gasteiger partial charge in [-0.3, -0.25) is 9.69 Å². The largest absolute Gasteiger partial charge is 0.383 e. The molecule has 0 radical (unpaired) electrons. The molecule has 2 fully saturated rings. The number of anilines is 1. The number of aromatic nitrogens is 1. The van der Waals surface area contributed by atoms with Crippen LogP contribution in [-0.2, 0) is 22.6 Å². The Morgan fingerprint density at radius 2 is 1.68 bits per heavy atom. The number of likely N-dealkylation sites (N-methyl/N-ethyl adjacent to an activating group) is 1. The Morgan fingerprint density at radius 1 is 1.00 bits per heavy atom. The Balaban J connectivity index is 1.12. The van der Waals surface area contributed by atoms with E-state index in [1.807, 2.05) is 0 Å². The predicted octanol–water partition coefficient (Wildman–Crippen LogP) is 2.79. The van der Waals surface area contributed by atoms with E-state index in [9.17, 15) is 4.79 Å². The van der Waals surface area contributed by atoms with Gasteiger partial charge in [-0.2, -0.15) is 0 Å². The molecule has 37 heavy (non-hydrogen) atoms. The molecule has 3 N–H and O–H groups in total. The van der Waals surface area contributed by atoms with Gasteiger partial charge in [-0.1, -0.05) is 48.5 Å². The predicted molar refractivity (Wildman–Crippen MR) is 144 cm³/mol. The maximum Gasteiger partial charge on any atom is 0.255 e. The molecular formula is C29H35N5O3. The monoisotopic (exact) mass is 501 g/mol. The first-order chi connectivity index (χ1) is 18.0. The second kappa shape index (κ2) is 11.8. The molecule has 2 aliphatic rings. The van der Waals surface area contributed by atoms with Crippen LogP contribution in [0.4, 0.5) is 5.82 Å². The Morgan fingerprint density at radius 3 is 2.35 bits per heavy atom. The lowest BCUT2D eigenvalue weighted by Gasteiger charge is -2.32. The van der Waals surface area contributed by atoms with Crippen LogP contribution in [-0.4, -0.2) is 79.3 Å². The zero-order chi connectivity index (χ0) is 25.6. The van der Waals surface area contributed by atoms with Gasteiger partial charge in [0.05, 0.1) is 31.4 Å². The average Bonchev–Trinajstić information content (AvgIpc) is 3.36. The number of piperazine rings is 1. The van der Waals surface area contributed by atoms with Crippen molar-refractivity contribution in [2.24, 2.45) is 0 Å². The van der Waals surface area contributed by atoms with E-state index in [0.29, 0.717) is 25.4 Å². The number of nitrogens with one attached hydrogen (secondary N) is 1. The van der Waals surface area contributed by atoms with E-state index in [4.69, 9.17) is 15.2 Å². The molecule has 0 saturated carbocycles. The normalized spacial score (nSPS) is 20.7. The third-order valence-corrected chi connectivity index (χ3v) is 7.14. The summed E-state index contributed by atoms with van der Waals surface area (Å²) in [4.78, 5) is 21.5. The summed E-state index contributed by atoms with van der Waals surface area (Å²) in [6, 6.07) is 20.4. The molecule has 2 saturated heterocycles. The van der Waals surface area contributed by atoms with E-state index in [2.05, 4.69) is 75.7 Å². The molecular weight excluding hydrogens is 466 g/mol. The number of benzene rings is 2. The summed E-state index contributed by atoms with van der Waals surface area (Å²) in [5, 5.41) is 2.97. The van der Waals surface area contributed by atoms with Crippen LogP contribution < -0.4 is 11.1 Å².